The summed E-state index contributed by atoms with van der Waals surface area (Å²) in [6.07, 6.45) is 5.64. The number of carbonyl (C=O) groups excluding carboxylic acids is 2. The third-order valence-electron chi connectivity index (χ3n) is 2.86. The van der Waals surface area contributed by atoms with Gasteiger partial charge in [0.25, 0.3) is 0 Å². The Morgan fingerprint density at radius 1 is 1.43 bits per heavy atom. The van der Waals surface area contributed by atoms with Gasteiger partial charge in [-0.3, -0.25) is 14.5 Å². The molecule has 0 aromatic rings. The van der Waals surface area contributed by atoms with E-state index in [1.807, 2.05) is 12.2 Å². The summed E-state index contributed by atoms with van der Waals surface area (Å²) in [6.45, 7) is 0.499. The highest BCUT2D eigenvalue weighted by molar-refractivity contribution is 9.09. The van der Waals surface area contributed by atoms with E-state index >= 15 is 0 Å². The number of halogens is 1. The monoisotopic (exact) mass is 257 g/mol. The Kier molecular flexibility index (Phi) is 2.72. The molecule has 14 heavy (non-hydrogen) atoms. The maximum absolute atomic E-state index is 11.8. The van der Waals surface area contributed by atoms with Gasteiger partial charge in [0.05, 0.1) is 11.8 Å². The molecule has 2 unspecified atom stereocenters. The number of hydrogen-bond donors (Lipinski definition) is 0. The second-order valence-electron chi connectivity index (χ2n) is 3.65. The van der Waals surface area contributed by atoms with Crippen LogP contribution in [0.2, 0.25) is 0 Å². The molecule has 0 saturated carbocycles. The fourth-order valence-electron chi connectivity index (χ4n) is 2.16. The van der Waals surface area contributed by atoms with Crippen molar-refractivity contribution in [3.05, 3.63) is 12.2 Å². The lowest BCUT2D eigenvalue weighted by Gasteiger charge is -2.14. The Labute approximate surface area is 91.3 Å². The van der Waals surface area contributed by atoms with Crippen molar-refractivity contribution in [2.45, 2.75) is 12.8 Å². The topological polar surface area (TPSA) is 37.4 Å². The number of likely N-dealkylation sites (tertiary alicyclic amines) is 1. The predicted octanol–water partition coefficient (Wildman–Crippen LogP) is 1.33. The largest absolute Gasteiger partial charge is 0.281 e. The highest BCUT2D eigenvalue weighted by Gasteiger charge is 2.46. The minimum Gasteiger partial charge on any atom is -0.281 e. The van der Waals surface area contributed by atoms with E-state index in [1.165, 1.54) is 4.90 Å². The van der Waals surface area contributed by atoms with Crippen LogP contribution in [-0.2, 0) is 9.59 Å². The first kappa shape index (κ1) is 9.90. The Morgan fingerprint density at radius 3 is 2.86 bits per heavy atom. The summed E-state index contributed by atoms with van der Waals surface area (Å²) in [5.74, 6) is -0.249. The molecule has 1 fully saturated rings. The van der Waals surface area contributed by atoms with Crippen molar-refractivity contribution >= 4 is 27.7 Å². The number of rotatable bonds is 2. The van der Waals surface area contributed by atoms with Gasteiger partial charge in [-0.25, -0.2) is 0 Å². The van der Waals surface area contributed by atoms with Crippen LogP contribution in [0, 0.1) is 11.8 Å². The lowest BCUT2D eigenvalue weighted by Crippen LogP contribution is -2.32. The van der Waals surface area contributed by atoms with Crippen LogP contribution in [0.25, 0.3) is 0 Å². The summed E-state index contributed by atoms with van der Waals surface area (Å²) < 4.78 is 0. The van der Waals surface area contributed by atoms with Crippen molar-refractivity contribution in [1.29, 1.82) is 0 Å². The molecule has 0 N–H and O–H groups in total. The van der Waals surface area contributed by atoms with Crippen LogP contribution in [0.4, 0.5) is 0 Å². The van der Waals surface area contributed by atoms with E-state index < -0.39 is 0 Å². The highest BCUT2D eigenvalue weighted by Crippen LogP contribution is 2.34. The molecule has 2 atom stereocenters. The predicted molar refractivity (Wildman–Crippen MR) is 55.9 cm³/mol. The van der Waals surface area contributed by atoms with Gasteiger partial charge >= 0.3 is 0 Å². The molecule has 2 aliphatic rings. The number of alkyl halides is 1. The van der Waals surface area contributed by atoms with Crippen LogP contribution in [-0.4, -0.2) is 28.6 Å². The molecule has 2 amide bonds. The van der Waals surface area contributed by atoms with Crippen molar-refractivity contribution in [3.8, 4) is 0 Å². The van der Waals surface area contributed by atoms with Gasteiger partial charge in [0.2, 0.25) is 11.8 Å². The Bertz CT molecular complexity index is 300. The molecular formula is C10H12BrNO2. The highest BCUT2D eigenvalue weighted by atomic mass is 79.9. The van der Waals surface area contributed by atoms with Crippen molar-refractivity contribution in [1.82, 2.24) is 4.90 Å². The first-order valence-corrected chi connectivity index (χ1v) is 5.95. The van der Waals surface area contributed by atoms with Gasteiger partial charge in [-0.2, -0.15) is 0 Å². The zero-order chi connectivity index (χ0) is 10.1. The minimum absolute atomic E-state index is 0.0174. The molecule has 1 aliphatic carbocycles. The summed E-state index contributed by atoms with van der Waals surface area (Å²) in [7, 11) is 0. The number of fused-ring (bicyclic) bond motifs is 1. The molecule has 0 radical (unpaired) electrons. The number of hydrogen-bond acceptors (Lipinski definition) is 2. The number of allylic oxidation sites excluding steroid dienone is 1. The number of imide groups is 1. The number of amides is 2. The lowest BCUT2D eigenvalue weighted by molar-refractivity contribution is -0.139. The second-order valence-corrected chi connectivity index (χ2v) is 4.45. The van der Waals surface area contributed by atoms with Crippen molar-refractivity contribution in [2.75, 3.05) is 11.9 Å². The molecule has 2 rings (SSSR count). The van der Waals surface area contributed by atoms with Crippen LogP contribution in [0.3, 0.4) is 0 Å². The molecule has 0 aromatic heterocycles. The molecule has 3 nitrogen and oxygen atoms in total. The number of carbonyl (C=O) groups is 2. The van der Waals surface area contributed by atoms with Gasteiger partial charge in [-0.05, 0) is 12.8 Å². The van der Waals surface area contributed by atoms with E-state index in [1.54, 1.807) is 0 Å². The van der Waals surface area contributed by atoms with Gasteiger partial charge in [-0.1, -0.05) is 28.1 Å². The van der Waals surface area contributed by atoms with E-state index in [2.05, 4.69) is 15.9 Å². The van der Waals surface area contributed by atoms with Gasteiger partial charge in [0.15, 0.2) is 0 Å². The molecule has 76 valence electrons. The quantitative estimate of drug-likeness (QED) is 0.425. The minimum atomic E-state index is -0.171. The average molecular weight is 258 g/mol. The normalized spacial score (nSPS) is 31.1. The van der Waals surface area contributed by atoms with Gasteiger partial charge < -0.3 is 0 Å². The van der Waals surface area contributed by atoms with Crippen LogP contribution in [0.1, 0.15) is 12.8 Å². The maximum atomic E-state index is 11.8. The standard InChI is InChI=1S/C10H12BrNO2/c11-5-6-12-9(13)7-3-1-2-4-8(7)10(12)14/h1,3,7-8H,2,4-6H2. The Balaban J connectivity index is 2.22. The summed E-state index contributed by atoms with van der Waals surface area (Å²) in [5.41, 5.74) is 0. The van der Waals surface area contributed by atoms with E-state index in [4.69, 9.17) is 0 Å². The van der Waals surface area contributed by atoms with E-state index in [0.717, 1.165) is 12.8 Å². The van der Waals surface area contributed by atoms with Crippen molar-refractivity contribution < 1.29 is 9.59 Å². The SMILES string of the molecule is O=C1C2C=CCCC2C(=O)N1CCBr. The molecule has 0 bridgehead atoms. The summed E-state index contributed by atoms with van der Waals surface area (Å²) in [5, 5.41) is 0.660. The van der Waals surface area contributed by atoms with Crippen molar-refractivity contribution in [3.63, 3.8) is 0 Å². The van der Waals surface area contributed by atoms with Gasteiger partial charge in [0, 0.05) is 11.9 Å². The summed E-state index contributed by atoms with van der Waals surface area (Å²) in [4.78, 5) is 25.0. The Morgan fingerprint density at radius 2 is 2.21 bits per heavy atom. The zero-order valence-electron chi connectivity index (χ0n) is 7.78. The summed E-state index contributed by atoms with van der Waals surface area (Å²) in [6, 6.07) is 0. The molecule has 1 saturated heterocycles. The fraction of sp³-hybridized carbons (Fsp3) is 0.600. The third-order valence-corrected chi connectivity index (χ3v) is 3.22. The molecule has 1 heterocycles. The average Bonchev–Trinajstić information content (AvgIpc) is 2.45. The maximum Gasteiger partial charge on any atom is 0.236 e. The smallest absolute Gasteiger partial charge is 0.236 e. The summed E-state index contributed by atoms with van der Waals surface area (Å²) >= 11 is 3.25. The fourth-order valence-corrected chi connectivity index (χ4v) is 2.51. The molecular weight excluding hydrogens is 246 g/mol. The lowest BCUT2D eigenvalue weighted by atomic mass is 9.86. The van der Waals surface area contributed by atoms with Crippen molar-refractivity contribution in [2.24, 2.45) is 11.8 Å². The first-order chi connectivity index (χ1) is 6.75. The van der Waals surface area contributed by atoms with Crippen LogP contribution < -0.4 is 0 Å². The first-order valence-electron chi connectivity index (χ1n) is 4.83. The van der Waals surface area contributed by atoms with E-state index in [-0.39, 0.29) is 23.7 Å². The third kappa shape index (κ3) is 1.41. The molecule has 0 spiro atoms. The molecule has 1 aliphatic heterocycles. The van der Waals surface area contributed by atoms with Crippen LogP contribution >= 0.6 is 15.9 Å². The van der Waals surface area contributed by atoms with E-state index in [0.29, 0.717) is 11.9 Å². The molecule has 0 aromatic carbocycles. The zero-order valence-corrected chi connectivity index (χ0v) is 9.37. The van der Waals surface area contributed by atoms with Gasteiger partial charge in [-0.15, -0.1) is 0 Å². The second kappa shape index (κ2) is 3.85. The van der Waals surface area contributed by atoms with Crippen LogP contribution in [0.5, 0.6) is 0 Å². The van der Waals surface area contributed by atoms with E-state index in [9.17, 15) is 9.59 Å². The van der Waals surface area contributed by atoms with Crippen LogP contribution in [0.15, 0.2) is 12.2 Å². The van der Waals surface area contributed by atoms with Gasteiger partial charge in [0.1, 0.15) is 0 Å². The molecule has 4 heteroatoms. The Hall–Kier alpha value is -0.640. The number of nitrogens with zero attached hydrogens (tertiary/aromatic N) is 1.